The van der Waals surface area contributed by atoms with Crippen LogP contribution in [0.5, 0.6) is 0 Å². The van der Waals surface area contributed by atoms with Crippen molar-refractivity contribution in [3.63, 3.8) is 0 Å². The van der Waals surface area contributed by atoms with Crippen molar-refractivity contribution in [1.82, 2.24) is 15.1 Å². The Bertz CT molecular complexity index is 257. The molecule has 5 heteroatoms. The number of likely N-dealkylation sites (N-methyl/N-ethyl adjacent to an activating group) is 1. The van der Waals surface area contributed by atoms with Gasteiger partial charge in [0.05, 0.1) is 0 Å². The van der Waals surface area contributed by atoms with Gasteiger partial charge in [-0.1, -0.05) is 0 Å². The molecule has 1 aliphatic rings. The van der Waals surface area contributed by atoms with Crippen LogP contribution < -0.4 is 11.1 Å². The molecule has 18 heavy (non-hydrogen) atoms. The highest BCUT2D eigenvalue weighted by Crippen LogP contribution is 2.08. The molecule has 3 N–H and O–H groups in total. The van der Waals surface area contributed by atoms with Crippen molar-refractivity contribution in [2.45, 2.75) is 38.8 Å². The quantitative estimate of drug-likeness (QED) is 0.719. The Kier molecular flexibility index (Phi) is 6.60. The van der Waals surface area contributed by atoms with Gasteiger partial charge in [0.1, 0.15) is 0 Å². The second kappa shape index (κ2) is 7.71. The molecule has 0 aliphatic carbocycles. The van der Waals surface area contributed by atoms with Gasteiger partial charge in [-0.3, -0.25) is 9.69 Å². The summed E-state index contributed by atoms with van der Waals surface area (Å²) in [7, 11) is 2.15. The zero-order chi connectivity index (χ0) is 13.5. The van der Waals surface area contributed by atoms with Crippen LogP contribution in [-0.4, -0.2) is 67.6 Å². The Morgan fingerprint density at radius 3 is 2.61 bits per heavy atom. The Labute approximate surface area is 111 Å². The van der Waals surface area contributed by atoms with Gasteiger partial charge in [-0.05, 0) is 40.4 Å². The molecule has 1 amide bonds. The van der Waals surface area contributed by atoms with Crippen molar-refractivity contribution in [2.24, 2.45) is 5.73 Å². The van der Waals surface area contributed by atoms with Gasteiger partial charge in [0.15, 0.2) is 0 Å². The van der Waals surface area contributed by atoms with Crippen molar-refractivity contribution >= 4 is 5.91 Å². The third-order valence-electron chi connectivity index (χ3n) is 3.41. The van der Waals surface area contributed by atoms with E-state index in [1.165, 1.54) is 0 Å². The molecule has 5 nitrogen and oxygen atoms in total. The maximum atomic E-state index is 11.8. The van der Waals surface area contributed by atoms with Crippen LogP contribution in [0.2, 0.25) is 0 Å². The first-order chi connectivity index (χ1) is 8.52. The molecule has 0 bridgehead atoms. The summed E-state index contributed by atoms with van der Waals surface area (Å²) in [5, 5.41) is 2.94. The highest BCUT2D eigenvalue weighted by Gasteiger charge is 2.22. The van der Waals surface area contributed by atoms with Gasteiger partial charge < -0.3 is 16.0 Å². The summed E-state index contributed by atoms with van der Waals surface area (Å²) < 4.78 is 0. The number of carbonyl (C=O) groups excluding carboxylic acids is 1. The molecular weight excluding hydrogens is 228 g/mol. The van der Waals surface area contributed by atoms with Gasteiger partial charge in [0.2, 0.25) is 5.91 Å². The predicted molar refractivity (Wildman–Crippen MR) is 74.4 cm³/mol. The van der Waals surface area contributed by atoms with E-state index in [0.717, 1.165) is 32.6 Å². The fourth-order valence-corrected chi connectivity index (χ4v) is 2.39. The number of rotatable bonds is 5. The van der Waals surface area contributed by atoms with Gasteiger partial charge in [0.25, 0.3) is 0 Å². The lowest BCUT2D eigenvalue weighted by molar-refractivity contribution is -0.122. The molecule has 0 aromatic heterocycles. The van der Waals surface area contributed by atoms with Crippen LogP contribution >= 0.6 is 0 Å². The van der Waals surface area contributed by atoms with Gasteiger partial charge in [-0.15, -0.1) is 0 Å². The minimum absolute atomic E-state index is 0.109. The Morgan fingerprint density at radius 1 is 1.28 bits per heavy atom. The van der Waals surface area contributed by atoms with E-state index in [1.807, 2.05) is 13.8 Å². The Balaban J connectivity index is 2.46. The van der Waals surface area contributed by atoms with Gasteiger partial charge >= 0.3 is 0 Å². The van der Waals surface area contributed by atoms with Crippen molar-refractivity contribution in [3.05, 3.63) is 0 Å². The number of hydrogen-bond acceptors (Lipinski definition) is 4. The van der Waals surface area contributed by atoms with Crippen LogP contribution in [0, 0.1) is 0 Å². The average Bonchev–Trinajstić information content (AvgIpc) is 2.50. The molecule has 1 rings (SSSR count). The van der Waals surface area contributed by atoms with Crippen molar-refractivity contribution in [2.75, 3.05) is 39.8 Å². The first-order valence-corrected chi connectivity index (χ1v) is 6.95. The normalized spacial score (nSPS) is 20.7. The third-order valence-corrected chi connectivity index (χ3v) is 3.41. The lowest BCUT2D eigenvalue weighted by atomic mass is 10.1. The molecule has 0 radical (unpaired) electrons. The summed E-state index contributed by atoms with van der Waals surface area (Å²) in [4.78, 5) is 16.5. The maximum Gasteiger partial charge on any atom is 0.221 e. The number of nitrogens with one attached hydrogen (secondary N) is 1. The summed E-state index contributed by atoms with van der Waals surface area (Å²) in [5.74, 6) is 0.109. The lowest BCUT2D eigenvalue weighted by Crippen LogP contribution is -2.46. The highest BCUT2D eigenvalue weighted by atomic mass is 16.1. The number of carbonyl (C=O) groups is 1. The summed E-state index contributed by atoms with van der Waals surface area (Å²) in [6, 6.07) is 0.376. The molecule has 1 heterocycles. The van der Waals surface area contributed by atoms with Crippen molar-refractivity contribution < 1.29 is 4.79 Å². The zero-order valence-corrected chi connectivity index (χ0v) is 12.0. The van der Waals surface area contributed by atoms with E-state index in [1.54, 1.807) is 0 Å². The second-order valence-electron chi connectivity index (χ2n) is 5.51. The van der Waals surface area contributed by atoms with E-state index in [4.69, 9.17) is 5.73 Å². The number of hydrogen-bond donors (Lipinski definition) is 2. The standard InChI is InChI=1S/C13H28N4O/c1-11(2)15-13(18)9-12(10-14)17-6-4-5-16(3)7-8-17/h11-12H,4-10,14H2,1-3H3,(H,15,18). The topological polar surface area (TPSA) is 61.6 Å². The zero-order valence-electron chi connectivity index (χ0n) is 12.0. The summed E-state index contributed by atoms with van der Waals surface area (Å²) in [5.41, 5.74) is 5.83. The smallest absolute Gasteiger partial charge is 0.221 e. The number of nitrogens with two attached hydrogens (primary N) is 1. The van der Waals surface area contributed by atoms with E-state index in [0.29, 0.717) is 13.0 Å². The minimum atomic E-state index is 0.109. The summed E-state index contributed by atoms with van der Waals surface area (Å²) >= 11 is 0. The lowest BCUT2D eigenvalue weighted by Gasteiger charge is -2.29. The largest absolute Gasteiger partial charge is 0.354 e. The van der Waals surface area contributed by atoms with E-state index < -0.39 is 0 Å². The van der Waals surface area contributed by atoms with Crippen LogP contribution in [-0.2, 0) is 4.79 Å². The molecule has 1 saturated heterocycles. The number of amides is 1. The monoisotopic (exact) mass is 256 g/mol. The third kappa shape index (κ3) is 5.33. The molecule has 0 aromatic carbocycles. The molecule has 1 unspecified atom stereocenters. The van der Waals surface area contributed by atoms with Gasteiger partial charge in [-0.25, -0.2) is 0 Å². The van der Waals surface area contributed by atoms with Crippen molar-refractivity contribution in [3.8, 4) is 0 Å². The molecule has 106 valence electrons. The SMILES string of the molecule is CC(C)NC(=O)CC(CN)N1CCCN(C)CC1. The maximum absolute atomic E-state index is 11.8. The number of nitrogens with zero attached hydrogens (tertiary/aromatic N) is 2. The van der Waals surface area contributed by atoms with Gasteiger partial charge in [-0.2, -0.15) is 0 Å². The minimum Gasteiger partial charge on any atom is -0.354 e. The van der Waals surface area contributed by atoms with Gasteiger partial charge in [0, 0.05) is 38.1 Å². The van der Waals surface area contributed by atoms with Crippen LogP contribution in [0.15, 0.2) is 0 Å². The van der Waals surface area contributed by atoms with Crippen LogP contribution in [0.1, 0.15) is 26.7 Å². The molecular formula is C13H28N4O. The van der Waals surface area contributed by atoms with Crippen molar-refractivity contribution in [1.29, 1.82) is 0 Å². The second-order valence-corrected chi connectivity index (χ2v) is 5.51. The molecule has 0 spiro atoms. The van der Waals surface area contributed by atoms with E-state index >= 15 is 0 Å². The Morgan fingerprint density at radius 2 is 2.00 bits per heavy atom. The summed E-state index contributed by atoms with van der Waals surface area (Å²) in [6.45, 7) is 8.75. The highest BCUT2D eigenvalue weighted by molar-refractivity contribution is 5.76. The van der Waals surface area contributed by atoms with E-state index in [-0.39, 0.29) is 18.0 Å². The first-order valence-electron chi connectivity index (χ1n) is 6.95. The van der Waals surface area contributed by atoms with Crippen LogP contribution in [0.3, 0.4) is 0 Å². The molecule has 1 aliphatic heterocycles. The van der Waals surface area contributed by atoms with E-state index in [9.17, 15) is 4.79 Å². The Hall–Kier alpha value is -0.650. The molecule has 0 aromatic rings. The van der Waals surface area contributed by atoms with Crippen LogP contribution in [0.4, 0.5) is 0 Å². The molecule has 0 saturated carbocycles. The first kappa shape index (κ1) is 15.4. The molecule has 1 atom stereocenters. The fourth-order valence-electron chi connectivity index (χ4n) is 2.39. The fraction of sp³-hybridized carbons (Fsp3) is 0.923. The van der Waals surface area contributed by atoms with E-state index in [2.05, 4.69) is 22.2 Å². The summed E-state index contributed by atoms with van der Waals surface area (Å²) in [6.07, 6.45) is 1.66. The predicted octanol–water partition coefficient (Wildman–Crippen LogP) is -0.134. The molecule has 1 fully saturated rings. The van der Waals surface area contributed by atoms with Crippen LogP contribution in [0.25, 0.3) is 0 Å². The average molecular weight is 256 g/mol.